The lowest BCUT2D eigenvalue weighted by atomic mass is 10.1. The fourth-order valence-corrected chi connectivity index (χ4v) is 5.55. The van der Waals surface area contributed by atoms with E-state index in [1.54, 1.807) is 7.11 Å². The van der Waals surface area contributed by atoms with Gasteiger partial charge in [0, 0.05) is 96.0 Å². The Labute approximate surface area is 212 Å². The first-order valence-corrected chi connectivity index (χ1v) is 13.1. The van der Waals surface area contributed by atoms with E-state index in [0.717, 1.165) is 84.2 Å². The van der Waals surface area contributed by atoms with Crippen LogP contribution in [-0.2, 0) is 17.8 Å². The largest absolute Gasteiger partial charge is 0.507 e. The number of ether oxygens (including phenoxy) is 2. The molecule has 3 saturated heterocycles. The van der Waals surface area contributed by atoms with Gasteiger partial charge in [0.2, 0.25) is 0 Å². The number of piperazine rings is 2. The standard InChI is InChI=1S/C27H38N4O5/c1-34-24-4-2-22(3-5-24)30-12-8-28(9-13-30)18-21-20-36-27(33)25(26(21)32)19-29-10-14-31(15-11-29)23-6-16-35-17-7-23/h2-5,20,23,32H,6-19H2,1H3. The molecule has 1 N–H and O–H groups in total. The molecule has 3 aliphatic rings. The summed E-state index contributed by atoms with van der Waals surface area (Å²) in [5.41, 5.74) is 1.81. The van der Waals surface area contributed by atoms with Crippen LogP contribution in [0.25, 0.3) is 0 Å². The van der Waals surface area contributed by atoms with Crippen LogP contribution in [0.1, 0.15) is 24.0 Å². The highest BCUT2D eigenvalue weighted by Crippen LogP contribution is 2.25. The Kier molecular flexibility index (Phi) is 8.11. The van der Waals surface area contributed by atoms with Crippen LogP contribution in [0, 0.1) is 0 Å². The molecule has 0 unspecified atom stereocenters. The fourth-order valence-electron chi connectivity index (χ4n) is 5.55. The topological polar surface area (TPSA) is 81.9 Å². The Bertz CT molecular complexity index is 1040. The summed E-state index contributed by atoms with van der Waals surface area (Å²) in [6.07, 6.45) is 3.63. The lowest BCUT2D eigenvalue weighted by molar-refractivity contribution is 0.0123. The maximum absolute atomic E-state index is 12.5. The number of nitrogens with zero attached hydrogens (tertiary/aromatic N) is 4. The van der Waals surface area contributed by atoms with E-state index in [1.165, 1.54) is 12.0 Å². The van der Waals surface area contributed by atoms with Crippen molar-refractivity contribution in [3.05, 3.63) is 52.1 Å². The van der Waals surface area contributed by atoms with Gasteiger partial charge in [0.15, 0.2) is 0 Å². The number of hydrogen-bond acceptors (Lipinski definition) is 9. The number of hydrogen-bond donors (Lipinski definition) is 1. The minimum absolute atomic E-state index is 0.0932. The van der Waals surface area contributed by atoms with Crippen molar-refractivity contribution in [3.8, 4) is 11.5 Å². The van der Waals surface area contributed by atoms with Gasteiger partial charge in [-0.3, -0.25) is 14.7 Å². The van der Waals surface area contributed by atoms with Gasteiger partial charge in [0.1, 0.15) is 17.8 Å². The Balaban J connectivity index is 1.15. The third-order valence-corrected chi connectivity index (χ3v) is 7.84. The molecule has 0 radical (unpaired) electrons. The third kappa shape index (κ3) is 5.86. The molecule has 1 aromatic heterocycles. The molecule has 2 aromatic rings. The van der Waals surface area contributed by atoms with Gasteiger partial charge >= 0.3 is 5.63 Å². The zero-order valence-electron chi connectivity index (χ0n) is 21.2. The molecule has 0 spiro atoms. The second kappa shape index (κ2) is 11.6. The predicted octanol–water partition coefficient (Wildman–Crippen LogP) is 1.97. The van der Waals surface area contributed by atoms with Crippen LogP contribution in [0.5, 0.6) is 11.5 Å². The van der Waals surface area contributed by atoms with E-state index in [0.29, 0.717) is 30.3 Å². The summed E-state index contributed by atoms with van der Waals surface area (Å²) in [6, 6.07) is 8.74. The van der Waals surface area contributed by atoms with Gasteiger partial charge in [0.05, 0.1) is 12.7 Å². The molecule has 36 heavy (non-hydrogen) atoms. The highest BCUT2D eigenvalue weighted by Gasteiger charge is 2.27. The average molecular weight is 499 g/mol. The van der Waals surface area contributed by atoms with Crippen molar-refractivity contribution < 1.29 is 19.0 Å². The molecule has 5 rings (SSSR count). The third-order valence-electron chi connectivity index (χ3n) is 7.84. The van der Waals surface area contributed by atoms with Crippen LogP contribution in [0.15, 0.2) is 39.7 Å². The summed E-state index contributed by atoms with van der Waals surface area (Å²) in [6.45, 7) is 9.95. The van der Waals surface area contributed by atoms with E-state index in [9.17, 15) is 9.90 Å². The molecule has 0 atom stereocenters. The van der Waals surface area contributed by atoms with E-state index < -0.39 is 5.63 Å². The van der Waals surface area contributed by atoms with Crippen LogP contribution < -0.4 is 15.3 Å². The van der Waals surface area contributed by atoms with Gasteiger partial charge in [-0.25, -0.2) is 4.79 Å². The van der Waals surface area contributed by atoms with Gasteiger partial charge in [-0.1, -0.05) is 0 Å². The molecule has 1 aromatic carbocycles. The van der Waals surface area contributed by atoms with Crippen molar-refractivity contribution in [1.29, 1.82) is 0 Å². The average Bonchev–Trinajstić information content (AvgIpc) is 2.94. The first-order valence-electron chi connectivity index (χ1n) is 13.1. The second-order valence-corrected chi connectivity index (χ2v) is 9.99. The normalized spacial score (nSPS) is 21.1. The van der Waals surface area contributed by atoms with Crippen LogP contribution in [-0.4, -0.2) is 98.5 Å². The Morgan fingerprint density at radius 3 is 2.22 bits per heavy atom. The molecule has 4 heterocycles. The second-order valence-electron chi connectivity index (χ2n) is 9.99. The first kappa shape index (κ1) is 25.1. The van der Waals surface area contributed by atoms with Crippen LogP contribution in [0.4, 0.5) is 5.69 Å². The van der Waals surface area contributed by atoms with Crippen LogP contribution in [0.2, 0.25) is 0 Å². The van der Waals surface area contributed by atoms with E-state index in [1.807, 2.05) is 12.1 Å². The van der Waals surface area contributed by atoms with Crippen LogP contribution in [0.3, 0.4) is 0 Å². The van der Waals surface area contributed by atoms with Gasteiger partial charge in [-0.2, -0.15) is 0 Å². The first-order chi connectivity index (χ1) is 17.6. The minimum atomic E-state index is -0.438. The molecule has 3 aliphatic heterocycles. The Morgan fingerprint density at radius 1 is 0.917 bits per heavy atom. The molecular formula is C27H38N4O5. The summed E-state index contributed by atoms with van der Waals surface area (Å²) in [4.78, 5) is 22.0. The van der Waals surface area contributed by atoms with E-state index in [4.69, 9.17) is 13.9 Å². The molecule has 3 fully saturated rings. The fraction of sp³-hybridized carbons (Fsp3) is 0.593. The molecule has 0 saturated carbocycles. The van der Waals surface area contributed by atoms with Gasteiger partial charge in [-0.15, -0.1) is 0 Å². The molecule has 0 amide bonds. The van der Waals surface area contributed by atoms with E-state index in [-0.39, 0.29) is 5.75 Å². The van der Waals surface area contributed by atoms with Crippen molar-refractivity contribution in [2.45, 2.75) is 32.0 Å². The number of rotatable bonds is 7. The van der Waals surface area contributed by atoms with Crippen molar-refractivity contribution in [1.82, 2.24) is 14.7 Å². The summed E-state index contributed by atoms with van der Waals surface area (Å²) in [7, 11) is 1.68. The van der Waals surface area contributed by atoms with Gasteiger partial charge < -0.3 is 23.9 Å². The number of aromatic hydroxyl groups is 1. The zero-order chi connectivity index (χ0) is 24.9. The monoisotopic (exact) mass is 498 g/mol. The van der Waals surface area contributed by atoms with Crippen molar-refractivity contribution >= 4 is 5.69 Å². The van der Waals surface area contributed by atoms with Gasteiger partial charge in [0.25, 0.3) is 0 Å². The van der Waals surface area contributed by atoms with Crippen LogP contribution >= 0.6 is 0 Å². The SMILES string of the molecule is COc1ccc(N2CCN(Cc3coc(=O)c(CN4CCN(C5CCOCC5)CC4)c3O)CC2)cc1. The summed E-state index contributed by atoms with van der Waals surface area (Å²) in [5.74, 6) is 0.950. The number of anilines is 1. The summed E-state index contributed by atoms with van der Waals surface area (Å²) in [5, 5.41) is 11.0. The summed E-state index contributed by atoms with van der Waals surface area (Å²) < 4.78 is 16.1. The summed E-state index contributed by atoms with van der Waals surface area (Å²) >= 11 is 0. The highest BCUT2D eigenvalue weighted by molar-refractivity contribution is 5.49. The molecular weight excluding hydrogens is 460 g/mol. The zero-order valence-corrected chi connectivity index (χ0v) is 21.2. The quantitative estimate of drug-likeness (QED) is 0.616. The predicted molar refractivity (Wildman–Crippen MR) is 138 cm³/mol. The van der Waals surface area contributed by atoms with Gasteiger partial charge in [-0.05, 0) is 37.1 Å². The van der Waals surface area contributed by atoms with Crippen molar-refractivity contribution in [2.24, 2.45) is 0 Å². The molecule has 9 nitrogen and oxygen atoms in total. The molecule has 0 aliphatic carbocycles. The minimum Gasteiger partial charge on any atom is -0.507 e. The maximum Gasteiger partial charge on any atom is 0.343 e. The highest BCUT2D eigenvalue weighted by atomic mass is 16.5. The number of methoxy groups -OCH3 is 1. The lowest BCUT2D eigenvalue weighted by Crippen LogP contribution is -2.51. The lowest BCUT2D eigenvalue weighted by Gasteiger charge is -2.40. The Hall–Kier alpha value is -2.59. The Morgan fingerprint density at radius 2 is 1.56 bits per heavy atom. The molecule has 0 bridgehead atoms. The van der Waals surface area contributed by atoms with Crippen molar-refractivity contribution in [3.63, 3.8) is 0 Å². The van der Waals surface area contributed by atoms with E-state index >= 15 is 0 Å². The molecule has 9 heteroatoms. The van der Waals surface area contributed by atoms with E-state index in [2.05, 4.69) is 31.7 Å². The van der Waals surface area contributed by atoms with Crippen molar-refractivity contribution in [2.75, 3.05) is 77.6 Å². The number of benzene rings is 1. The molecule has 196 valence electrons. The maximum atomic E-state index is 12.5. The smallest absolute Gasteiger partial charge is 0.343 e.